The van der Waals surface area contributed by atoms with Crippen molar-refractivity contribution in [1.82, 2.24) is 0 Å². The van der Waals surface area contributed by atoms with Crippen LogP contribution in [0.5, 0.6) is 0 Å². The normalized spacial score (nSPS) is 16.6. The van der Waals surface area contributed by atoms with Gasteiger partial charge in [-0.05, 0) is 6.92 Å². The molecular weight excluding hydrogens is 132 g/mol. The summed E-state index contributed by atoms with van der Waals surface area (Å²) in [6.45, 7) is 2.10. The minimum Gasteiger partial charge on any atom is -0.363 e. The van der Waals surface area contributed by atoms with Gasteiger partial charge >= 0.3 is 0 Å². The fourth-order valence-electron chi connectivity index (χ4n) is 1.02. The van der Waals surface area contributed by atoms with E-state index in [4.69, 9.17) is 0 Å². The summed E-state index contributed by atoms with van der Waals surface area (Å²) in [4.78, 5) is 0. The molecule has 0 saturated heterocycles. The van der Waals surface area contributed by atoms with Crippen molar-refractivity contribution in [2.45, 2.75) is 13.1 Å². The summed E-state index contributed by atoms with van der Waals surface area (Å²) in [6, 6.07) is 0. The Bertz CT molecular complexity index is 198. The lowest BCUT2D eigenvalue weighted by atomic mass is 10.5. The maximum absolute atomic E-state index is 3.28. The molecular formula is C6H8N2S. The van der Waals surface area contributed by atoms with Crippen molar-refractivity contribution in [2.24, 2.45) is 0 Å². The third-order valence-electron chi connectivity index (χ3n) is 1.41. The van der Waals surface area contributed by atoms with Crippen LogP contribution in [-0.4, -0.2) is 6.17 Å². The second-order valence-electron chi connectivity index (χ2n) is 2.21. The Morgan fingerprint density at radius 3 is 2.44 bits per heavy atom. The summed E-state index contributed by atoms with van der Waals surface area (Å²) in [6.07, 6.45) is 0.406. The smallest absolute Gasteiger partial charge is 0.0936 e. The van der Waals surface area contributed by atoms with Crippen LogP contribution in [-0.2, 0) is 0 Å². The molecule has 0 fully saturated rings. The number of hydrogen-bond donors (Lipinski definition) is 2. The zero-order chi connectivity index (χ0) is 6.27. The summed E-state index contributed by atoms with van der Waals surface area (Å²) in [5.74, 6) is 0. The van der Waals surface area contributed by atoms with E-state index in [1.165, 1.54) is 11.4 Å². The van der Waals surface area contributed by atoms with Crippen LogP contribution in [0.3, 0.4) is 0 Å². The van der Waals surface area contributed by atoms with Gasteiger partial charge in [0.25, 0.3) is 0 Å². The third kappa shape index (κ3) is 0.685. The molecule has 2 rings (SSSR count). The average molecular weight is 140 g/mol. The second kappa shape index (κ2) is 1.64. The highest BCUT2D eigenvalue weighted by Crippen LogP contribution is 2.31. The van der Waals surface area contributed by atoms with Gasteiger partial charge in [-0.3, -0.25) is 0 Å². The highest BCUT2D eigenvalue weighted by Gasteiger charge is 2.14. The monoisotopic (exact) mass is 140 g/mol. The average Bonchev–Trinajstić information content (AvgIpc) is 2.22. The van der Waals surface area contributed by atoms with Gasteiger partial charge in [-0.25, -0.2) is 0 Å². The zero-order valence-electron chi connectivity index (χ0n) is 5.14. The van der Waals surface area contributed by atoms with Gasteiger partial charge in [-0.1, -0.05) is 0 Å². The molecule has 9 heavy (non-hydrogen) atoms. The van der Waals surface area contributed by atoms with Crippen molar-refractivity contribution in [2.75, 3.05) is 10.6 Å². The molecule has 0 radical (unpaired) electrons. The number of rotatable bonds is 0. The van der Waals surface area contributed by atoms with Crippen LogP contribution in [0.2, 0.25) is 0 Å². The minimum atomic E-state index is 0.406. The molecule has 1 aliphatic heterocycles. The first kappa shape index (κ1) is 5.11. The van der Waals surface area contributed by atoms with E-state index in [2.05, 4.69) is 28.3 Å². The van der Waals surface area contributed by atoms with E-state index in [9.17, 15) is 0 Å². The van der Waals surface area contributed by atoms with Gasteiger partial charge < -0.3 is 10.6 Å². The van der Waals surface area contributed by atoms with Gasteiger partial charge in [0, 0.05) is 10.8 Å². The largest absolute Gasteiger partial charge is 0.363 e. The highest BCUT2D eigenvalue weighted by atomic mass is 32.1. The molecule has 0 saturated carbocycles. The molecule has 2 N–H and O–H groups in total. The number of nitrogens with one attached hydrogen (secondary N) is 2. The number of anilines is 2. The molecule has 0 atom stereocenters. The molecule has 0 amide bonds. The summed E-state index contributed by atoms with van der Waals surface area (Å²) in [7, 11) is 0. The van der Waals surface area contributed by atoms with Crippen LogP contribution in [0.4, 0.5) is 11.4 Å². The predicted octanol–water partition coefficient (Wildman–Crippen LogP) is 1.93. The second-order valence-corrected chi connectivity index (χ2v) is 2.95. The van der Waals surface area contributed by atoms with E-state index in [-0.39, 0.29) is 0 Å². The Kier molecular flexibility index (Phi) is 0.931. The summed E-state index contributed by atoms with van der Waals surface area (Å²) in [5.41, 5.74) is 2.49. The van der Waals surface area contributed by atoms with Crippen LogP contribution in [0.1, 0.15) is 6.92 Å². The molecule has 2 nitrogen and oxygen atoms in total. The Morgan fingerprint density at radius 2 is 1.89 bits per heavy atom. The van der Waals surface area contributed by atoms with E-state index in [0.29, 0.717) is 6.17 Å². The Labute approximate surface area is 57.9 Å². The first-order chi connectivity index (χ1) is 4.36. The summed E-state index contributed by atoms with van der Waals surface area (Å²) < 4.78 is 0. The van der Waals surface area contributed by atoms with E-state index >= 15 is 0 Å². The van der Waals surface area contributed by atoms with Crippen molar-refractivity contribution in [3.05, 3.63) is 10.8 Å². The SMILES string of the molecule is CC1Nc2cscc2N1. The van der Waals surface area contributed by atoms with Crippen LogP contribution >= 0.6 is 11.3 Å². The van der Waals surface area contributed by atoms with Gasteiger partial charge in [0.1, 0.15) is 0 Å². The molecule has 2 heterocycles. The predicted molar refractivity (Wildman–Crippen MR) is 41.0 cm³/mol. The maximum atomic E-state index is 3.28. The first-order valence-corrected chi connectivity index (χ1v) is 3.90. The number of fused-ring (bicyclic) bond motifs is 1. The molecule has 0 aliphatic carbocycles. The Hall–Kier alpha value is -0.700. The van der Waals surface area contributed by atoms with Crippen LogP contribution in [0.25, 0.3) is 0 Å². The summed E-state index contributed by atoms with van der Waals surface area (Å²) in [5, 5.41) is 10.8. The van der Waals surface area contributed by atoms with Crippen LogP contribution in [0.15, 0.2) is 10.8 Å². The highest BCUT2D eigenvalue weighted by molar-refractivity contribution is 7.09. The van der Waals surface area contributed by atoms with E-state index in [0.717, 1.165) is 0 Å². The van der Waals surface area contributed by atoms with Crippen LogP contribution in [0, 0.1) is 0 Å². The van der Waals surface area contributed by atoms with Gasteiger partial charge in [-0.2, -0.15) is 0 Å². The van der Waals surface area contributed by atoms with Crippen molar-refractivity contribution >= 4 is 22.7 Å². The fourth-order valence-corrected chi connectivity index (χ4v) is 1.75. The lowest BCUT2D eigenvalue weighted by Gasteiger charge is -2.02. The van der Waals surface area contributed by atoms with E-state index in [1.54, 1.807) is 11.3 Å². The van der Waals surface area contributed by atoms with Gasteiger partial charge in [0.05, 0.1) is 17.5 Å². The van der Waals surface area contributed by atoms with Gasteiger partial charge in [0.2, 0.25) is 0 Å². The standard InChI is InChI=1S/C6H8N2S/c1-4-7-5-2-9-3-6(5)8-4/h2-4,7-8H,1H3. The lowest BCUT2D eigenvalue weighted by molar-refractivity contribution is 0.956. The molecule has 0 unspecified atom stereocenters. The molecule has 0 spiro atoms. The third-order valence-corrected chi connectivity index (χ3v) is 2.15. The lowest BCUT2D eigenvalue weighted by Crippen LogP contribution is -2.16. The zero-order valence-corrected chi connectivity index (χ0v) is 5.96. The number of thiophene rings is 1. The molecule has 0 aromatic carbocycles. The van der Waals surface area contributed by atoms with E-state index < -0.39 is 0 Å². The van der Waals surface area contributed by atoms with Gasteiger partial charge in [-0.15, -0.1) is 11.3 Å². The minimum absolute atomic E-state index is 0.406. The van der Waals surface area contributed by atoms with E-state index in [1.807, 2.05) is 0 Å². The fraction of sp³-hybridized carbons (Fsp3) is 0.333. The molecule has 1 aromatic heterocycles. The molecule has 1 aliphatic rings. The van der Waals surface area contributed by atoms with Crippen molar-refractivity contribution in [1.29, 1.82) is 0 Å². The van der Waals surface area contributed by atoms with Crippen molar-refractivity contribution in [3.63, 3.8) is 0 Å². The number of hydrogen-bond acceptors (Lipinski definition) is 3. The molecule has 1 aromatic rings. The summed E-state index contributed by atoms with van der Waals surface area (Å²) >= 11 is 1.72. The first-order valence-electron chi connectivity index (χ1n) is 2.95. The van der Waals surface area contributed by atoms with Crippen LogP contribution < -0.4 is 10.6 Å². The quantitative estimate of drug-likeness (QED) is 0.575. The van der Waals surface area contributed by atoms with Gasteiger partial charge in [0.15, 0.2) is 0 Å². The van der Waals surface area contributed by atoms with Crippen molar-refractivity contribution < 1.29 is 0 Å². The van der Waals surface area contributed by atoms with Crippen molar-refractivity contribution in [3.8, 4) is 0 Å². The topological polar surface area (TPSA) is 24.1 Å². The molecule has 0 bridgehead atoms. The molecule has 48 valence electrons. The Balaban J connectivity index is 2.39. The maximum Gasteiger partial charge on any atom is 0.0936 e. The molecule has 3 heteroatoms. The Morgan fingerprint density at radius 1 is 1.33 bits per heavy atom.